The first kappa shape index (κ1) is 16.5. The van der Waals surface area contributed by atoms with Crippen LogP contribution in [0.4, 0.5) is 29.3 Å². The molecule has 0 fully saturated rings. The smallest absolute Gasteiger partial charge is 0.308 e. The molecule has 2 aromatic rings. The molecular weight excluding hydrogens is 340 g/mol. The largest absolute Gasteiger partial charge is 0.417 e. The summed E-state index contributed by atoms with van der Waals surface area (Å²) in [4.78, 5) is 11.7. The lowest BCUT2D eigenvalue weighted by atomic mass is 10.2. The highest BCUT2D eigenvalue weighted by molar-refractivity contribution is 6.31. The van der Waals surface area contributed by atoms with E-state index in [1.165, 1.54) is 0 Å². The minimum Gasteiger partial charge on any atom is -0.308 e. The summed E-state index contributed by atoms with van der Waals surface area (Å²) in [5, 5.41) is 4.92. The Morgan fingerprint density at radius 1 is 0.909 bits per heavy atom. The number of rotatable bonds is 2. The highest BCUT2D eigenvalue weighted by Gasteiger charge is 2.33. The molecular formula is C14H9Cl2F3N2O. The van der Waals surface area contributed by atoms with Gasteiger partial charge in [-0.05, 0) is 42.5 Å². The van der Waals surface area contributed by atoms with Crippen molar-refractivity contribution in [2.24, 2.45) is 0 Å². The van der Waals surface area contributed by atoms with Gasteiger partial charge in [0.1, 0.15) is 0 Å². The fourth-order valence-electron chi connectivity index (χ4n) is 1.65. The van der Waals surface area contributed by atoms with Crippen LogP contribution in [0.1, 0.15) is 5.56 Å². The van der Waals surface area contributed by atoms with Gasteiger partial charge in [-0.2, -0.15) is 13.2 Å². The Labute approximate surface area is 134 Å². The van der Waals surface area contributed by atoms with Crippen LogP contribution < -0.4 is 10.6 Å². The Morgan fingerprint density at radius 2 is 1.45 bits per heavy atom. The molecule has 2 amide bonds. The van der Waals surface area contributed by atoms with Gasteiger partial charge >= 0.3 is 12.2 Å². The molecule has 0 spiro atoms. The molecule has 0 aliphatic carbocycles. The Kier molecular flexibility index (Phi) is 4.83. The van der Waals surface area contributed by atoms with Gasteiger partial charge in [-0.1, -0.05) is 23.2 Å². The molecule has 3 nitrogen and oxygen atoms in total. The average Bonchev–Trinajstić information content (AvgIpc) is 2.40. The Morgan fingerprint density at radius 3 is 2.00 bits per heavy atom. The summed E-state index contributed by atoms with van der Waals surface area (Å²) in [5.74, 6) is 0. The second-order valence-electron chi connectivity index (χ2n) is 4.28. The zero-order valence-corrected chi connectivity index (χ0v) is 12.4. The molecule has 8 heteroatoms. The summed E-state index contributed by atoms with van der Waals surface area (Å²) in [6.07, 6.45) is -4.54. The topological polar surface area (TPSA) is 41.1 Å². The predicted molar refractivity (Wildman–Crippen MR) is 80.5 cm³/mol. The van der Waals surface area contributed by atoms with Gasteiger partial charge < -0.3 is 10.6 Å². The lowest BCUT2D eigenvalue weighted by Gasteiger charge is -2.11. The molecule has 0 aliphatic rings. The quantitative estimate of drug-likeness (QED) is 0.722. The molecule has 0 radical (unpaired) electrons. The molecule has 22 heavy (non-hydrogen) atoms. The monoisotopic (exact) mass is 348 g/mol. The van der Waals surface area contributed by atoms with Crippen LogP contribution in [0.25, 0.3) is 0 Å². The molecule has 0 unspecified atom stereocenters. The van der Waals surface area contributed by atoms with Gasteiger partial charge in [-0.15, -0.1) is 0 Å². The van der Waals surface area contributed by atoms with Crippen LogP contribution in [0.2, 0.25) is 10.0 Å². The highest BCUT2D eigenvalue weighted by atomic mass is 35.5. The van der Waals surface area contributed by atoms with Crippen LogP contribution in [-0.2, 0) is 6.18 Å². The number of carbonyl (C=O) groups excluding carboxylic acids is 1. The maximum Gasteiger partial charge on any atom is 0.417 e. The van der Waals surface area contributed by atoms with Gasteiger partial charge in [0, 0.05) is 16.4 Å². The van der Waals surface area contributed by atoms with Crippen molar-refractivity contribution in [2.45, 2.75) is 6.18 Å². The molecule has 2 rings (SSSR count). The van der Waals surface area contributed by atoms with E-state index in [-0.39, 0.29) is 5.69 Å². The molecule has 2 N–H and O–H groups in total. The highest BCUT2D eigenvalue weighted by Crippen LogP contribution is 2.35. The summed E-state index contributed by atoms with van der Waals surface area (Å²) in [5.41, 5.74) is -0.331. The van der Waals surface area contributed by atoms with Crippen molar-refractivity contribution in [2.75, 3.05) is 10.6 Å². The summed E-state index contributed by atoms with van der Waals surface area (Å²) in [6, 6.07) is 8.70. The van der Waals surface area contributed by atoms with Gasteiger partial charge in [0.25, 0.3) is 0 Å². The lowest BCUT2D eigenvalue weighted by molar-refractivity contribution is -0.137. The predicted octanol–water partition coefficient (Wildman–Crippen LogP) is 5.66. The number of carbonyl (C=O) groups is 1. The molecule has 2 aromatic carbocycles. The summed E-state index contributed by atoms with van der Waals surface area (Å²) < 4.78 is 37.7. The van der Waals surface area contributed by atoms with Crippen LogP contribution in [0.5, 0.6) is 0 Å². The molecule has 116 valence electrons. The summed E-state index contributed by atoms with van der Waals surface area (Å²) >= 11 is 11.3. The zero-order valence-electron chi connectivity index (χ0n) is 10.8. The molecule has 0 heterocycles. The van der Waals surface area contributed by atoms with E-state index in [1.807, 2.05) is 0 Å². The fraction of sp³-hybridized carbons (Fsp3) is 0.0714. The molecule has 0 bridgehead atoms. The standard InChI is InChI=1S/C14H9Cl2F3N2O/c15-8-1-3-9(4-2-8)20-13(22)21-10-5-6-11(12(16)7-10)14(17,18)19/h1-7H,(H2,20,21,22). The van der Waals surface area contributed by atoms with E-state index < -0.39 is 22.8 Å². The number of anilines is 2. The number of hydrogen-bond acceptors (Lipinski definition) is 1. The average molecular weight is 349 g/mol. The summed E-state index contributed by atoms with van der Waals surface area (Å²) in [6.45, 7) is 0. The Hall–Kier alpha value is -1.92. The first-order chi connectivity index (χ1) is 10.3. The first-order valence-corrected chi connectivity index (χ1v) is 6.71. The SMILES string of the molecule is O=C(Nc1ccc(Cl)cc1)Nc1ccc(C(F)(F)F)c(Cl)c1. The van der Waals surface area contributed by atoms with E-state index in [4.69, 9.17) is 23.2 Å². The molecule has 0 saturated heterocycles. The molecule has 0 atom stereocenters. The van der Waals surface area contributed by atoms with Crippen LogP contribution in [0.3, 0.4) is 0 Å². The number of urea groups is 1. The van der Waals surface area contributed by atoms with E-state index in [0.717, 1.165) is 18.2 Å². The van der Waals surface area contributed by atoms with Crippen molar-refractivity contribution in [3.8, 4) is 0 Å². The zero-order chi connectivity index (χ0) is 16.3. The second kappa shape index (κ2) is 6.46. The van der Waals surface area contributed by atoms with Crippen molar-refractivity contribution >= 4 is 40.6 Å². The molecule has 0 aliphatic heterocycles. The van der Waals surface area contributed by atoms with E-state index in [1.54, 1.807) is 24.3 Å². The third kappa shape index (κ3) is 4.29. The van der Waals surface area contributed by atoms with Crippen LogP contribution in [-0.4, -0.2) is 6.03 Å². The third-order valence-corrected chi connectivity index (χ3v) is 3.20. The van der Waals surface area contributed by atoms with Gasteiger partial charge in [0.2, 0.25) is 0 Å². The minimum absolute atomic E-state index is 0.143. The number of amides is 2. The number of halogens is 5. The molecule has 0 saturated carbocycles. The third-order valence-electron chi connectivity index (χ3n) is 2.63. The summed E-state index contributed by atoms with van der Waals surface area (Å²) in [7, 11) is 0. The normalized spacial score (nSPS) is 11.1. The van der Waals surface area contributed by atoms with Gasteiger partial charge in [0.05, 0.1) is 10.6 Å². The fourth-order valence-corrected chi connectivity index (χ4v) is 2.06. The van der Waals surface area contributed by atoms with Gasteiger partial charge in [-0.3, -0.25) is 0 Å². The van der Waals surface area contributed by atoms with Crippen molar-refractivity contribution < 1.29 is 18.0 Å². The number of alkyl halides is 3. The number of benzene rings is 2. The van der Waals surface area contributed by atoms with Crippen molar-refractivity contribution in [3.05, 3.63) is 58.1 Å². The Bertz CT molecular complexity index is 687. The maximum absolute atomic E-state index is 12.6. The molecule has 0 aromatic heterocycles. The van der Waals surface area contributed by atoms with Gasteiger partial charge in [0.15, 0.2) is 0 Å². The van der Waals surface area contributed by atoms with Crippen LogP contribution >= 0.6 is 23.2 Å². The van der Waals surface area contributed by atoms with E-state index in [9.17, 15) is 18.0 Å². The van der Waals surface area contributed by atoms with Crippen molar-refractivity contribution in [3.63, 3.8) is 0 Å². The van der Waals surface area contributed by atoms with E-state index in [0.29, 0.717) is 10.7 Å². The van der Waals surface area contributed by atoms with Crippen LogP contribution in [0, 0.1) is 0 Å². The Balaban J connectivity index is 2.06. The maximum atomic E-state index is 12.6. The second-order valence-corrected chi connectivity index (χ2v) is 5.12. The minimum atomic E-state index is -4.54. The van der Waals surface area contributed by atoms with Gasteiger partial charge in [-0.25, -0.2) is 4.79 Å². The van der Waals surface area contributed by atoms with Crippen LogP contribution in [0.15, 0.2) is 42.5 Å². The number of hydrogen-bond donors (Lipinski definition) is 2. The van der Waals surface area contributed by atoms with E-state index >= 15 is 0 Å². The van der Waals surface area contributed by atoms with Crippen molar-refractivity contribution in [1.82, 2.24) is 0 Å². The first-order valence-electron chi connectivity index (χ1n) is 5.96. The van der Waals surface area contributed by atoms with E-state index in [2.05, 4.69) is 10.6 Å². The number of nitrogens with one attached hydrogen (secondary N) is 2. The van der Waals surface area contributed by atoms with Crippen molar-refractivity contribution in [1.29, 1.82) is 0 Å². The lowest BCUT2D eigenvalue weighted by Crippen LogP contribution is -2.19.